The highest BCUT2D eigenvalue weighted by Gasteiger charge is 2.47. The van der Waals surface area contributed by atoms with Crippen molar-refractivity contribution in [3.63, 3.8) is 0 Å². The third-order valence-corrected chi connectivity index (χ3v) is 2.94. The summed E-state index contributed by atoms with van der Waals surface area (Å²) >= 11 is 0. The van der Waals surface area contributed by atoms with Gasteiger partial charge in [-0.1, -0.05) is 0 Å². The summed E-state index contributed by atoms with van der Waals surface area (Å²) in [7, 11) is 0. The lowest BCUT2D eigenvalue weighted by molar-refractivity contribution is -0.122. The third kappa shape index (κ3) is 1.00. The van der Waals surface area contributed by atoms with Crippen LogP contribution in [-0.2, 0) is 9.53 Å². The van der Waals surface area contributed by atoms with E-state index in [2.05, 4.69) is 0 Å². The van der Waals surface area contributed by atoms with E-state index in [1.807, 2.05) is 6.92 Å². The van der Waals surface area contributed by atoms with E-state index in [4.69, 9.17) is 4.74 Å². The minimum absolute atomic E-state index is 0.264. The Morgan fingerprint density at radius 2 is 2.36 bits per heavy atom. The van der Waals surface area contributed by atoms with Gasteiger partial charge in [0.1, 0.15) is 5.78 Å². The summed E-state index contributed by atoms with van der Waals surface area (Å²) < 4.78 is 5.49. The molecule has 0 heterocycles. The lowest BCUT2D eigenvalue weighted by atomic mass is 9.98. The quantitative estimate of drug-likeness (QED) is 0.600. The van der Waals surface area contributed by atoms with Crippen molar-refractivity contribution in [3.8, 4) is 0 Å². The van der Waals surface area contributed by atoms with Crippen LogP contribution in [0.1, 0.15) is 26.2 Å². The number of ketones is 1. The van der Waals surface area contributed by atoms with Crippen molar-refractivity contribution in [1.29, 1.82) is 0 Å². The summed E-state index contributed by atoms with van der Waals surface area (Å²) in [5.41, 5.74) is 0. The first-order valence-electron chi connectivity index (χ1n) is 4.48. The highest BCUT2D eigenvalue weighted by Crippen LogP contribution is 2.42. The molecule has 0 aromatic heterocycles. The van der Waals surface area contributed by atoms with Crippen LogP contribution in [0.3, 0.4) is 0 Å². The van der Waals surface area contributed by atoms with Crippen molar-refractivity contribution in [2.75, 3.05) is 6.61 Å². The lowest BCUT2D eigenvalue weighted by Crippen LogP contribution is -2.21. The zero-order chi connectivity index (χ0) is 7.84. The van der Waals surface area contributed by atoms with E-state index in [0.717, 1.165) is 25.9 Å². The first-order chi connectivity index (χ1) is 5.33. The number of hydrogen-bond donors (Lipinski definition) is 0. The van der Waals surface area contributed by atoms with Crippen LogP contribution in [-0.4, -0.2) is 18.5 Å². The van der Waals surface area contributed by atoms with Gasteiger partial charge in [0, 0.05) is 18.4 Å². The largest absolute Gasteiger partial charge is 0.378 e. The average Bonchev–Trinajstić information content (AvgIpc) is 2.47. The van der Waals surface area contributed by atoms with Crippen LogP contribution in [0.4, 0.5) is 0 Å². The van der Waals surface area contributed by atoms with E-state index in [-0.39, 0.29) is 12.0 Å². The minimum Gasteiger partial charge on any atom is -0.378 e. The van der Waals surface area contributed by atoms with E-state index >= 15 is 0 Å². The molecule has 0 saturated heterocycles. The molecule has 0 unspecified atom stereocenters. The van der Waals surface area contributed by atoms with Crippen molar-refractivity contribution in [3.05, 3.63) is 0 Å². The van der Waals surface area contributed by atoms with Gasteiger partial charge >= 0.3 is 0 Å². The minimum atomic E-state index is 0.264. The molecule has 2 aliphatic rings. The Balaban J connectivity index is 2.03. The molecule has 0 aromatic rings. The van der Waals surface area contributed by atoms with Gasteiger partial charge in [-0.3, -0.25) is 4.79 Å². The van der Waals surface area contributed by atoms with E-state index < -0.39 is 0 Å². The van der Waals surface area contributed by atoms with Crippen LogP contribution in [0.25, 0.3) is 0 Å². The Hall–Kier alpha value is -0.370. The Morgan fingerprint density at radius 1 is 1.55 bits per heavy atom. The topological polar surface area (TPSA) is 26.3 Å². The van der Waals surface area contributed by atoms with Crippen molar-refractivity contribution in [2.24, 2.45) is 11.8 Å². The van der Waals surface area contributed by atoms with Crippen molar-refractivity contribution in [1.82, 2.24) is 0 Å². The first-order valence-corrected chi connectivity index (χ1v) is 4.48. The van der Waals surface area contributed by atoms with Gasteiger partial charge in [-0.2, -0.15) is 0 Å². The van der Waals surface area contributed by atoms with E-state index in [1.165, 1.54) is 0 Å². The van der Waals surface area contributed by atoms with Crippen molar-refractivity contribution >= 4 is 5.78 Å². The fourth-order valence-corrected chi connectivity index (χ4v) is 2.41. The molecule has 62 valence electrons. The summed E-state index contributed by atoms with van der Waals surface area (Å²) in [6.07, 6.45) is 3.46. The maximum atomic E-state index is 11.4. The van der Waals surface area contributed by atoms with Crippen LogP contribution in [0.2, 0.25) is 0 Å². The normalized spacial score (nSPS) is 41.9. The molecule has 2 nitrogen and oxygen atoms in total. The molecule has 2 heteroatoms. The standard InChI is InChI=1S/C9H14O2/c1-2-11-8-5-6-3-4-7(8)9(6)10/h6-8H,2-5H2,1H3/t6-,7+,8-/m1/s1. The Morgan fingerprint density at radius 3 is 2.82 bits per heavy atom. The highest BCUT2D eigenvalue weighted by atomic mass is 16.5. The van der Waals surface area contributed by atoms with Gasteiger partial charge < -0.3 is 4.74 Å². The molecule has 2 aliphatic carbocycles. The van der Waals surface area contributed by atoms with Crippen LogP contribution >= 0.6 is 0 Å². The highest BCUT2D eigenvalue weighted by molar-refractivity contribution is 5.88. The van der Waals surface area contributed by atoms with Gasteiger partial charge in [0.15, 0.2) is 0 Å². The second-order valence-electron chi connectivity index (χ2n) is 3.51. The Bertz CT molecular complexity index is 176. The van der Waals surface area contributed by atoms with Gasteiger partial charge in [-0.05, 0) is 26.2 Å². The van der Waals surface area contributed by atoms with Crippen LogP contribution in [0.15, 0.2) is 0 Å². The summed E-state index contributed by atoms with van der Waals surface area (Å²) in [6.45, 7) is 2.75. The van der Waals surface area contributed by atoms with E-state index in [9.17, 15) is 4.79 Å². The molecule has 11 heavy (non-hydrogen) atoms. The van der Waals surface area contributed by atoms with Gasteiger partial charge in [-0.15, -0.1) is 0 Å². The average molecular weight is 154 g/mol. The molecule has 0 N–H and O–H groups in total. The monoisotopic (exact) mass is 154 g/mol. The number of rotatable bonds is 2. The molecule has 2 rings (SSSR count). The fourth-order valence-electron chi connectivity index (χ4n) is 2.41. The lowest BCUT2D eigenvalue weighted by Gasteiger charge is -2.19. The summed E-state index contributed by atoms with van der Waals surface area (Å²) in [5.74, 6) is 1.10. The molecule has 0 spiro atoms. The van der Waals surface area contributed by atoms with Crippen LogP contribution in [0.5, 0.6) is 0 Å². The Labute approximate surface area is 66.9 Å². The predicted octanol–water partition coefficient (Wildman–Crippen LogP) is 1.39. The van der Waals surface area contributed by atoms with Gasteiger partial charge in [-0.25, -0.2) is 0 Å². The maximum Gasteiger partial charge on any atom is 0.141 e. The number of ether oxygens (including phenoxy) is 1. The number of hydrogen-bond acceptors (Lipinski definition) is 2. The Kier molecular flexibility index (Phi) is 1.72. The molecule has 0 radical (unpaired) electrons. The molecule has 0 amide bonds. The molecule has 0 aliphatic heterocycles. The van der Waals surface area contributed by atoms with E-state index in [0.29, 0.717) is 11.7 Å². The summed E-state index contributed by atoms with van der Waals surface area (Å²) in [5, 5.41) is 0. The SMILES string of the molecule is CCO[C@@H]1C[C@H]2CC[C@@H]1C2=O. The second kappa shape index (κ2) is 2.59. The first kappa shape index (κ1) is 7.29. The molecule has 2 bridgehead atoms. The van der Waals surface area contributed by atoms with Gasteiger partial charge in [0.05, 0.1) is 6.10 Å². The molecule has 0 aromatic carbocycles. The summed E-state index contributed by atoms with van der Waals surface area (Å²) in [6, 6.07) is 0. The zero-order valence-corrected chi connectivity index (χ0v) is 6.88. The zero-order valence-electron chi connectivity index (χ0n) is 6.88. The van der Waals surface area contributed by atoms with Crippen molar-refractivity contribution < 1.29 is 9.53 Å². The number of fused-ring (bicyclic) bond motifs is 2. The molecular formula is C9H14O2. The smallest absolute Gasteiger partial charge is 0.141 e. The number of carbonyl (C=O) groups excluding carboxylic acids is 1. The van der Waals surface area contributed by atoms with E-state index in [1.54, 1.807) is 0 Å². The number of carbonyl (C=O) groups is 1. The number of Topliss-reactive ketones (excluding diaryl/α,β-unsaturated/α-hetero) is 1. The molecule has 2 saturated carbocycles. The molecular weight excluding hydrogens is 140 g/mol. The van der Waals surface area contributed by atoms with Gasteiger partial charge in [0.25, 0.3) is 0 Å². The maximum absolute atomic E-state index is 11.4. The van der Waals surface area contributed by atoms with Crippen LogP contribution in [0, 0.1) is 11.8 Å². The predicted molar refractivity (Wildman–Crippen MR) is 41.3 cm³/mol. The fraction of sp³-hybridized carbons (Fsp3) is 0.889. The second-order valence-corrected chi connectivity index (χ2v) is 3.51. The van der Waals surface area contributed by atoms with Gasteiger partial charge in [0.2, 0.25) is 0 Å². The molecule has 2 fully saturated rings. The molecule has 3 atom stereocenters. The van der Waals surface area contributed by atoms with Crippen molar-refractivity contribution in [2.45, 2.75) is 32.3 Å². The third-order valence-electron chi connectivity index (χ3n) is 2.94. The van der Waals surface area contributed by atoms with Crippen LogP contribution < -0.4 is 0 Å². The summed E-state index contributed by atoms with van der Waals surface area (Å²) in [4.78, 5) is 11.4.